The van der Waals surface area contributed by atoms with Crippen LogP contribution in [0.4, 0.5) is 0 Å². The van der Waals surface area contributed by atoms with E-state index in [1.54, 1.807) is 0 Å². The lowest BCUT2D eigenvalue weighted by atomic mass is 10.5. The highest BCUT2D eigenvalue weighted by Crippen LogP contribution is 1.71. The second kappa shape index (κ2) is 3.02. The third kappa shape index (κ3) is 1.90. The average Bonchev–Trinajstić information content (AvgIpc) is 2.34. The van der Waals surface area contributed by atoms with Crippen molar-refractivity contribution in [2.75, 3.05) is 6.54 Å². The fraction of sp³-hybridized carbons (Fsp3) is 0.500. The molecule has 6 nitrogen and oxygen atoms in total. The van der Waals surface area contributed by atoms with Crippen LogP contribution >= 0.6 is 0 Å². The molecule has 56 valence electrons. The Balaban J connectivity index is 2.19. The molecule has 0 saturated carbocycles. The van der Waals surface area contributed by atoms with Gasteiger partial charge in [0.25, 0.3) is 0 Å². The fourth-order valence-electron chi connectivity index (χ4n) is 0.515. The molecule has 0 aromatic heterocycles. The van der Waals surface area contributed by atoms with Gasteiger partial charge in [-0.1, -0.05) is 0 Å². The van der Waals surface area contributed by atoms with E-state index in [0.29, 0.717) is 12.4 Å². The largest absolute Gasteiger partial charge is 0.349 e. The molecule has 1 heterocycles. The number of hydrazone groups is 1. The third-order valence-electron chi connectivity index (χ3n) is 0.958. The molecule has 0 aliphatic carbocycles. The Bertz CT molecular complexity index is 165. The lowest BCUT2D eigenvalue weighted by Gasteiger charge is -1.99. The summed E-state index contributed by atoms with van der Waals surface area (Å²) in [4.78, 5) is 10.4. The van der Waals surface area contributed by atoms with Crippen molar-refractivity contribution in [3.05, 3.63) is 0 Å². The van der Waals surface area contributed by atoms with Crippen LogP contribution in [0, 0.1) is 0 Å². The number of hydrazine groups is 2. The predicted octanol–water partition coefficient (Wildman–Crippen LogP) is -1.95. The Labute approximate surface area is 58.0 Å². The van der Waals surface area contributed by atoms with Crippen molar-refractivity contribution < 1.29 is 4.79 Å². The lowest BCUT2D eigenvalue weighted by molar-refractivity contribution is -0.118. The van der Waals surface area contributed by atoms with Crippen LogP contribution in [0.5, 0.6) is 0 Å². The molecule has 0 fully saturated rings. The first-order valence-electron chi connectivity index (χ1n) is 2.86. The maximum Gasteiger partial charge on any atom is 0.217 e. The molecular weight excluding hydrogens is 134 g/mol. The third-order valence-corrected chi connectivity index (χ3v) is 0.958. The second-order valence-electron chi connectivity index (χ2n) is 1.83. The van der Waals surface area contributed by atoms with Crippen LogP contribution in [0.15, 0.2) is 5.10 Å². The van der Waals surface area contributed by atoms with Gasteiger partial charge >= 0.3 is 0 Å². The molecule has 6 heteroatoms. The molecule has 0 radical (unpaired) electrons. The summed E-state index contributed by atoms with van der Waals surface area (Å²) in [6, 6.07) is 0. The van der Waals surface area contributed by atoms with Gasteiger partial charge in [0, 0.05) is 6.92 Å². The minimum Gasteiger partial charge on any atom is -0.349 e. The summed E-state index contributed by atoms with van der Waals surface area (Å²) in [5.41, 5.74) is 7.70. The number of carbonyl (C=O) groups is 1. The smallest absolute Gasteiger partial charge is 0.217 e. The molecule has 4 N–H and O–H groups in total. The van der Waals surface area contributed by atoms with Gasteiger partial charge in [-0.2, -0.15) is 0 Å². The number of amidine groups is 1. The minimum absolute atomic E-state index is 0.0728. The molecule has 0 atom stereocenters. The van der Waals surface area contributed by atoms with Crippen molar-refractivity contribution in [3.8, 4) is 0 Å². The highest BCUT2D eigenvalue weighted by atomic mass is 16.1. The summed E-state index contributed by atoms with van der Waals surface area (Å²) in [6.45, 7) is 1.87. The highest BCUT2D eigenvalue weighted by Gasteiger charge is 2.02. The fourth-order valence-corrected chi connectivity index (χ4v) is 0.515. The molecule has 1 aliphatic heterocycles. The Morgan fingerprint density at radius 3 is 3.10 bits per heavy atom. The highest BCUT2D eigenvalue weighted by molar-refractivity contribution is 5.87. The van der Waals surface area contributed by atoms with Gasteiger partial charge in [0.15, 0.2) is 5.84 Å². The van der Waals surface area contributed by atoms with Crippen LogP contribution in [0.3, 0.4) is 0 Å². The van der Waals surface area contributed by atoms with Crippen molar-refractivity contribution in [3.63, 3.8) is 0 Å². The normalized spacial score (nSPS) is 15.1. The van der Waals surface area contributed by atoms with Gasteiger partial charge in [-0.25, -0.2) is 5.53 Å². The number of hydrogen-bond acceptors (Lipinski definition) is 5. The first kappa shape index (κ1) is 6.81. The van der Waals surface area contributed by atoms with Crippen LogP contribution in [0.2, 0.25) is 0 Å². The maximum absolute atomic E-state index is 10.4. The summed E-state index contributed by atoms with van der Waals surface area (Å²) in [5, 5.41) is 6.31. The van der Waals surface area contributed by atoms with Crippen LogP contribution in [0.1, 0.15) is 6.92 Å². The molecule has 1 amide bonds. The SMILES string of the molecule is CC(=O)NCC1=NNNN1. The first-order chi connectivity index (χ1) is 4.79. The summed E-state index contributed by atoms with van der Waals surface area (Å²) >= 11 is 0. The van der Waals surface area contributed by atoms with Gasteiger partial charge in [-0.15, -0.1) is 10.6 Å². The topological polar surface area (TPSA) is 77.5 Å². The van der Waals surface area contributed by atoms with Gasteiger partial charge in [0.05, 0.1) is 6.54 Å². The molecule has 0 bridgehead atoms. The van der Waals surface area contributed by atoms with Crippen LogP contribution in [-0.2, 0) is 4.79 Å². The van der Waals surface area contributed by atoms with Crippen LogP contribution in [0.25, 0.3) is 0 Å². The van der Waals surface area contributed by atoms with E-state index in [2.05, 4.69) is 26.9 Å². The van der Waals surface area contributed by atoms with E-state index >= 15 is 0 Å². The van der Waals surface area contributed by atoms with Gasteiger partial charge in [-0.3, -0.25) is 10.2 Å². The Kier molecular flexibility index (Phi) is 2.06. The zero-order chi connectivity index (χ0) is 7.40. The summed E-state index contributed by atoms with van der Waals surface area (Å²) < 4.78 is 0. The molecular formula is C4H9N5O. The molecule has 0 aromatic rings. The van der Waals surface area contributed by atoms with E-state index in [1.165, 1.54) is 6.92 Å². The molecule has 10 heavy (non-hydrogen) atoms. The quantitative estimate of drug-likeness (QED) is 0.362. The van der Waals surface area contributed by atoms with Gasteiger partial charge in [0.2, 0.25) is 5.91 Å². The standard InChI is InChI=1S/C4H9N5O/c1-3(10)5-2-4-6-8-9-7-4/h8-9H,2H2,1H3,(H,5,10)(H,6,7). The zero-order valence-corrected chi connectivity index (χ0v) is 5.56. The maximum atomic E-state index is 10.4. The van der Waals surface area contributed by atoms with E-state index in [0.717, 1.165) is 0 Å². The number of amides is 1. The second-order valence-corrected chi connectivity index (χ2v) is 1.83. The molecule has 1 aliphatic rings. The van der Waals surface area contributed by atoms with Crippen molar-refractivity contribution >= 4 is 11.7 Å². The van der Waals surface area contributed by atoms with E-state index < -0.39 is 0 Å². The monoisotopic (exact) mass is 143 g/mol. The summed E-state index contributed by atoms with van der Waals surface area (Å²) in [7, 11) is 0. The predicted molar refractivity (Wildman–Crippen MR) is 35.5 cm³/mol. The summed E-state index contributed by atoms with van der Waals surface area (Å²) in [5.74, 6) is 0.589. The molecule has 0 saturated heterocycles. The number of hydrogen-bond donors (Lipinski definition) is 4. The van der Waals surface area contributed by atoms with Crippen molar-refractivity contribution in [1.29, 1.82) is 0 Å². The van der Waals surface area contributed by atoms with Crippen LogP contribution in [-0.4, -0.2) is 18.3 Å². The van der Waals surface area contributed by atoms with Crippen molar-refractivity contribution in [1.82, 2.24) is 21.8 Å². The number of rotatable bonds is 2. The van der Waals surface area contributed by atoms with E-state index in [-0.39, 0.29) is 5.91 Å². The first-order valence-corrected chi connectivity index (χ1v) is 2.86. The van der Waals surface area contributed by atoms with Crippen molar-refractivity contribution in [2.24, 2.45) is 5.10 Å². The molecule has 0 unspecified atom stereocenters. The van der Waals surface area contributed by atoms with Gasteiger partial charge < -0.3 is 5.32 Å². The van der Waals surface area contributed by atoms with E-state index in [9.17, 15) is 4.79 Å². The van der Waals surface area contributed by atoms with Gasteiger partial charge in [-0.05, 0) is 0 Å². The average molecular weight is 143 g/mol. The van der Waals surface area contributed by atoms with Crippen molar-refractivity contribution in [2.45, 2.75) is 6.92 Å². The Morgan fingerprint density at radius 1 is 1.80 bits per heavy atom. The van der Waals surface area contributed by atoms with Gasteiger partial charge in [0.1, 0.15) is 0 Å². The Hall–Kier alpha value is -1.30. The van der Waals surface area contributed by atoms with E-state index in [4.69, 9.17) is 0 Å². The minimum atomic E-state index is -0.0728. The Morgan fingerprint density at radius 2 is 2.60 bits per heavy atom. The summed E-state index contributed by atoms with van der Waals surface area (Å²) in [6.07, 6.45) is 0. The number of carbonyl (C=O) groups excluding carboxylic acids is 1. The lowest BCUT2D eigenvalue weighted by Crippen LogP contribution is -2.40. The molecule has 0 aromatic carbocycles. The zero-order valence-electron chi connectivity index (χ0n) is 5.56. The molecule has 0 spiro atoms. The number of nitrogens with one attached hydrogen (secondary N) is 4. The molecule has 1 rings (SSSR count). The van der Waals surface area contributed by atoms with Crippen LogP contribution < -0.4 is 21.8 Å². The van der Waals surface area contributed by atoms with E-state index in [1.807, 2.05) is 0 Å². The number of nitrogens with zero attached hydrogens (tertiary/aromatic N) is 1.